The number of ether oxygens (including phenoxy) is 2. The number of nitrogens with one attached hydrogen (secondary N) is 1. The summed E-state index contributed by atoms with van der Waals surface area (Å²) < 4.78 is 11.7. The van der Waals surface area contributed by atoms with Crippen molar-refractivity contribution in [3.63, 3.8) is 0 Å². The number of methoxy groups -OCH3 is 1. The Balaban J connectivity index is 1.41. The molecule has 2 atom stereocenters. The molecule has 3 saturated heterocycles. The number of hydrogen-bond donors (Lipinski definition) is 3. The van der Waals surface area contributed by atoms with Crippen molar-refractivity contribution >= 4 is 16.7 Å². The molecule has 3 aliphatic heterocycles. The van der Waals surface area contributed by atoms with Gasteiger partial charge >= 0.3 is 0 Å². The average Bonchev–Trinajstić information content (AvgIpc) is 3.40. The lowest BCUT2D eigenvalue weighted by molar-refractivity contribution is -0.0184. The van der Waals surface area contributed by atoms with E-state index >= 15 is 0 Å². The molecule has 5 heterocycles. The molecule has 200 valence electrons. The van der Waals surface area contributed by atoms with Gasteiger partial charge in [-0.1, -0.05) is 17.9 Å². The third-order valence-corrected chi connectivity index (χ3v) is 8.23. The van der Waals surface area contributed by atoms with E-state index in [-0.39, 0.29) is 12.7 Å². The Hall–Kier alpha value is -3.09. The zero-order valence-corrected chi connectivity index (χ0v) is 21.9. The molecule has 0 aliphatic carbocycles. The Bertz CT molecular complexity index is 1340. The SMILES string of the molecule is COc1cc(-c2[nH]c3ncc(C#CCCO)cc3c2CN2C3CCC2COC3)ccc1N1CCC(O)CC1. The number of aromatic nitrogens is 2. The van der Waals surface area contributed by atoms with Crippen molar-refractivity contribution in [2.24, 2.45) is 0 Å². The van der Waals surface area contributed by atoms with Gasteiger partial charge in [-0.05, 0) is 43.9 Å². The van der Waals surface area contributed by atoms with Crippen LogP contribution in [0.1, 0.15) is 43.2 Å². The van der Waals surface area contributed by atoms with Crippen LogP contribution in [0, 0.1) is 11.8 Å². The molecule has 8 heteroatoms. The summed E-state index contributed by atoms with van der Waals surface area (Å²) in [4.78, 5) is 13.2. The normalized spacial score (nSPS) is 22.0. The molecule has 6 rings (SSSR count). The second-order valence-electron chi connectivity index (χ2n) is 10.6. The summed E-state index contributed by atoms with van der Waals surface area (Å²) in [6.45, 7) is 4.08. The number of aromatic amines is 1. The molecule has 2 aromatic heterocycles. The summed E-state index contributed by atoms with van der Waals surface area (Å²) in [5, 5.41) is 20.1. The minimum Gasteiger partial charge on any atom is -0.495 e. The summed E-state index contributed by atoms with van der Waals surface area (Å²) >= 11 is 0. The van der Waals surface area contributed by atoms with Gasteiger partial charge in [-0.25, -0.2) is 4.98 Å². The highest BCUT2D eigenvalue weighted by atomic mass is 16.5. The van der Waals surface area contributed by atoms with Crippen molar-refractivity contribution < 1.29 is 19.7 Å². The number of H-pyrrole nitrogens is 1. The van der Waals surface area contributed by atoms with Crippen LogP contribution in [0.2, 0.25) is 0 Å². The third kappa shape index (κ3) is 4.87. The standard InChI is InChI=1S/C30H36N4O4/c1-37-28-15-21(5-8-27(28)33-11-9-24(36)10-12-33)29-26(17-34-22-6-7-23(34)19-38-18-22)25-14-20(4-2-3-13-35)16-31-30(25)32-29/h5,8,14-16,22-24,35-36H,3,6-7,9-13,17-19H2,1H3,(H,31,32). The fourth-order valence-electron chi connectivity index (χ4n) is 6.18. The first-order chi connectivity index (χ1) is 18.6. The molecule has 2 bridgehead atoms. The van der Waals surface area contributed by atoms with Gasteiger partial charge < -0.3 is 29.6 Å². The van der Waals surface area contributed by atoms with Crippen molar-refractivity contribution in [3.8, 4) is 28.8 Å². The van der Waals surface area contributed by atoms with Crippen molar-refractivity contribution in [1.29, 1.82) is 0 Å². The Kier molecular flexibility index (Phi) is 7.26. The number of benzene rings is 1. The van der Waals surface area contributed by atoms with Gasteiger partial charge in [0.15, 0.2) is 0 Å². The van der Waals surface area contributed by atoms with E-state index in [1.807, 2.05) is 0 Å². The zero-order chi connectivity index (χ0) is 26.1. The van der Waals surface area contributed by atoms with Gasteiger partial charge in [-0.2, -0.15) is 0 Å². The van der Waals surface area contributed by atoms with Gasteiger partial charge in [0.25, 0.3) is 0 Å². The highest BCUT2D eigenvalue weighted by Gasteiger charge is 2.38. The maximum Gasteiger partial charge on any atom is 0.142 e. The lowest BCUT2D eigenvalue weighted by Gasteiger charge is -2.34. The van der Waals surface area contributed by atoms with E-state index in [1.165, 1.54) is 18.4 Å². The third-order valence-electron chi connectivity index (χ3n) is 8.23. The number of morpholine rings is 1. The van der Waals surface area contributed by atoms with E-state index in [0.717, 1.165) is 85.0 Å². The number of anilines is 1. The van der Waals surface area contributed by atoms with Crippen LogP contribution in [0.15, 0.2) is 30.5 Å². The van der Waals surface area contributed by atoms with Crippen LogP contribution in [0.4, 0.5) is 5.69 Å². The first-order valence-electron chi connectivity index (χ1n) is 13.7. The van der Waals surface area contributed by atoms with Crippen molar-refractivity contribution in [3.05, 3.63) is 41.6 Å². The molecule has 3 N–H and O–H groups in total. The molecule has 3 fully saturated rings. The number of aliphatic hydroxyl groups excluding tert-OH is 2. The van der Waals surface area contributed by atoms with E-state index in [2.05, 4.69) is 50.9 Å². The first-order valence-corrected chi connectivity index (χ1v) is 13.7. The van der Waals surface area contributed by atoms with Crippen LogP contribution < -0.4 is 9.64 Å². The quantitative estimate of drug-likeness (QED) is 0.433. The van der Waals surface area contributed by atoms with Crippen LogP contribution in [0.3, 0.4) is 0 Å². The number of hydrogen-bond acceptors (Lipinski definition) is 7. The Morgan fingerprint density at radius 3 is 2.66 bits per heavy atom. The van der Waals surface area contributed by atoms with E-state index < -0.39 is 0 Å². The van der Waals surface area contributed by atoms with Gasteiger partial charge in [-0.15, -0.1) is 0 Å². The Morgan fingerprint density at radius 2 is 1.92 bits per heavy atom. The average molecular weight is 517 g/mol. The number of piperidine rings is 1. The minimum atomic E-state index is -0.216. The predicted molar refractivity (Wildman–Crippen MR) is 147 cm³/mol. The lowest BCUT2D eigenvalue weighted by atomic mass is 10.0. The van der Waals surface area contributed by atoms with Gasteiger partial charge in [0.2, 0.25) is 0 Å². The minimum absolute atomic E-state index is 0.0534. The van der Waals surface area contributed by atoms with E-state index in [4.69, 9.17) is 19.6 Å². The fraction of sp³-hybridized carbons (Fsp3) is 0.500. The molecule has 3 aromatic rings. The van der Waals surface area contributed by atoms with E-state index in [1.54, 1.807) is 13.3 Å². The molecule has 3 aliphatic rings. The van der Waals surface area contributed by atoms with Crippen molar-refractivity contribution in [2.45, 2.75) is 56.8 Å². The summed E-state index contributed by atoms with van der Waals surface area (Å²) in [6, 6.07) is 9.42. The smallest absolute Gasteiger partial charge is 0.142 e. The molecule has 0 radical (unpaired) electrons. The summed E-state index contributed by atoms with van der Waals surface area (Å²) in [7, 11) is 1.72. The second-order valence-corrected chi connectivity index (χ2v) is 10.6. The van der Waals surface area contributed by atoms with E-state index in [0.29, 0.717) is 18.5 Å². The molecule has 0 amide bonds. The second kappa shape index (κ2) is 11.0. The molecule has 0 saturated carbocycles. The summed E-state index contributed by atoms with van der Waals surface area (Å²) in [5.74, 6) is 7.00. The van der Waals surface area contributed by atoms with Crippen LogP contribution >= 0.6 is 0 Å². The first kappa shape index (κ1) is 25.2. The van der Waals surface area contributed by atoms with Crippen LogP contribution in [-0.2, 0) is 11.3 Å². The van der Waals surface area contributed by atoms with Crippen LogP contribution in [0.25, 0.3) is 22.3 Å². The maximum atomic E-state index is 9.95. The maximum absolute atomic E-state index is 9.95. The molecule has 1 aromatic carbocycles. The largest absolute Gasteiger partial charge is 0.495 e. The fourth-order valence-corrected chi connectivity index (χ4v) is 6.18. The zero-order valence-electron chi connectivity index (χ0n) is 21.9. The molecular weight excluding hydrogens is 480 g/mol. The monoisotopic (exact) mass is 516 g/mol. The van der Waals surface area contributed by atoms with Crippen LogP contribution in [0.5, 0.6) is 5.75 Å². The van der Waals surface area contributed by atoms with Gasteiger partial charge in [-0.3, -0.25) is 4.90 Å². The molecule has 8 nitrogen and oxygen atoms in total. The number of aliphatic hydroxyl groups is 2. The lowest BCUT2D eigenvalue weighted by Crippen LogP contribution is -2.45. The van der Waals surface area contributed by atoms with Gasteiger partial charge in [0.1, 0.15) is 11.4 Å². The highest BCUT2D eigenvalue weighted by Crippen LogP contribution is 2.39. The topological polar surface area (TPSA) is 94.1 Å². The molecule has 38 heavy (non-hydrogen) atoms. The Labute approximate surface area is 223 Å². The van der Waals surface area contributed by atoms with Gasteiger partial charge in [0, 0.05) is 66.4 Å². The summed E-state index contributed by atoms with van der Waals surface area (Å²) in [5.41, 5.74) is 6.08. The number of nitrogens with zero attached hydrogens (tertiary/aromatic N) is 3. The number of pyridine rings is 1. The Morgan fingerprint density at radius 1 is 1.13 bits per heavy atom. The number of rotatable bonds is 6. The van der Waals surface area contributed by atoms with Crippen molar-refractivity contribution in [2.75, 3.05) is 44.9 Å². The predicted octanol–water partition coefficient (Wildman–Crippen LogP) is 3.30. The number of fused-ring (bicyclic) bond motifs is 3. The highest BCUT2D eigenvalue weighted by molar-refractivity contribution is 5.90. The van der Waals surface area contributed by atoms with Crippen molar-refractivity contribution in [1.82, 2.24) is 14.9 Å². The van der Waals surface area contributed by atoms with E-state index in [9.17, 15) is 5.11 Å². The van der Waals surface area contributed by atoms with Gasteiger partial charge in [0.05, 0.1) is 44.4 Å². The summed E-state index contributed by atoms with van der Waals surface area (Å²) in [6.07, 6.45) is 5.91. The van der Waals surface area contributed by atoms with Crippen LogP contribution in [-0.4, -0.2) is 83.3 Å². The molecular formula is C30H36N4O4. The molecule has 2 unspecified atom stereocenters. The molecule has 0 spiro atoms.